The van der Waals surface area contributed by atoms with Gasteiger partial charge in [0.15, 0.2) is 5.78 Å². The molecular weight excluding hydrogens is 580 g/mol. The van der Waals surface area contributed by atoms with Crippen molar-refractivity contribution in [3.05, 3.63) is 112 Å². The molecule has 228 valence electrons. The van der Waals surface area contributed by atoms with Crippen molar-refractivity contribution >= 4 is 33.3 Å². The Kier molecular flexibility index (Phi) is 10.00. The number of amides is 1. The first-order chi connectivity index (χ1) is 20.2. The van der Waals surface area contributed by atoms with Crippen LogP contribution in [0.5, 0.6) is 0 Å². The largest absolute Gasteiger partial charge is 0.369 e. The van der Waals surface area contributed by atoms with Crippen molar-refractivity contribution in [2.45, 2.75) is 70.9 Å². The fourth-order valence-electron chi connectivity index (χ4n) is 6.15. The molecule has 0 aromatic heterocycles. The number of sulfonamides is 1. The van der Waals surface area contributed by atoms with Gasteiger partial charge in [-0.05, 0) is 66.0 Å². The molecule has 1 aliphatic heterocycles. The normalized spacial score (nSPS) is 19.1. The minimum absolute atomic E-state index is 0.0827. The molecule has 0 spiro atoms. The van der Waals surface area contributed by atoms with Gasteiger partial charge in [-0.15, -0.1) is 0 Å². The lowest BCUT2D eigenvalue weighted by Crippen LogP contribution is -2.43. The van der Waals surface area contributed by atoms with Crippen LogP contribution in [0.15, 0.2) is 95.4 Å². The second kappa shape index (κ2) is 13.2. The fraction of sp³-hybridized carbons (Fsp3) is 0.371. The minimum Gasteiger partial charge on any atom is -0.369 e. The van der Waals surface area contributed by atoms with E-state index in [9.17, 15) is 18.0 Å². The Labute approximate surface area is 261 Å². The lowest BCUT2D eigenvalue weighted by atomic mass is 9.82. The number of halogens is 1. The van der Waals surface area contributed by atoms with Crippen LogP contribution >= 0.6 is 11.6 Å². The second-order valence-corrected chi connectivity index (χ2v) is 15.1. The van der Waals surface area contributed by atoms with Gasteiger partial charge in [0.25, 0.3) is 0 Å². The van der Waals surface area contributed by atoms with Crippen molar-refractivity contribution in [2.24, 2.45) is 23.0 Å². The fourth-order valence-corrected chi connectivity index (χ4v) is 8.33. The Hall–Kier alpha value is -3.26. The minimum atomic E-state index is -4.08. The van der Waals surface area contributed by atoms with Crippen LogP contribution in [0, 0.1) is 24.2 Å². The highest BCUT2D eigenvalue weighted by Crippen LogP contribution is 2.46. The van der Waals surface area contributed by atoms with Crippen molar-refractivity contribution in [3.63, 3.8) is 0 Å². The molecule has 2 N–H and O–H groups in total. The van der Waals surface area contributed by atoms with Gasteiger partial charge in [0.05, 0.1) is 10.9 Å². The highest BCUT2D eigenvalue weighted by atomic mass is 35.5. The zero-order valence-corrected chi connectivity index (χ0v) is 27.0. The smallest absolute Gasteiger partial charge is 0.244 e. The van der Waals surface area contributed by atoms with Gasteiger partial charge in [0, 0.05) is 29.0 Å². The van der Waals surface area contributed by atoms with Crippen molar-refractivity contribution in [1.82, 2.24) is 4.31 Å². The number of carbonyl (C=O) groups excluding carboxylic acids is 2. The summed E-state index contributed by atoms with van der Waals surface area (Å²) in [6, 6.07) is 21.8. The van der Waals surface area contributed by atoms with Crippen molar-refractivity contribution in [1.29, 1.82) is 0 Å². The highest BCUT2D eigenvalue weighted by molar-refractivity contribution is 7.89. The summed E-state index contributed by atoms with van der Waals surface area (Å²) in [6.45, 7) is 10.2. The summed E-state index contributed by atoms with van der Waals surface area (Å²) in [7, 11) is -4.08. The maximum Gasteiger partial charge on any atom is 0.244 e. The number of carbonyl (C=O) groups is 2. The van der Waals surface area contributed by atoms with E-state index in [4.69, 9.17) is 17.3 Å². The number of nitrogens with two attached hydrogens (primary N) is 1. The van der Waals surface area contributed by atoms with Crippen LogP contribution in [0.4, 0.5) is 0 Å². The Morgan fingerprint density at radius 2 is 1.56 bits per heavy atom. The zero-order chi connectivity index (χ0) is 31.5. The number of ketones is 1. The molecule has 0 aliphatic carbocycles. The van der Waals surface area contributed by atoms with Crippen molar-refractivity contribution < 1.29 is 18.0 Å². The Morgan fingerprint density at radius 1 is 0.953 bits per heavy atom. The van der Waals surface area contributed by atoms with E-state index >= 15 is 0 Å². The molecule has 0 saturated heterocycles. The van der Waals surface area contributed by atoms with Gasteiger partial charge in [0.1, 0.15) is 0 Å². The van der Waals surface area contributed by atoms with Gasteiger partial charge in [-0.2, -0.15) is 4.31 Å². The van der Waals surface area contributed by atoms with E-state index in [2.05, 4.69) is 20.8 Å². The lowest BCUT2D eigenvalue weighted by Gasteiger charge is -2.36. The van der Waals surface area contributed by atoms with E-state index in [1.54, 1.807) is 55.5 Å². The van der Waals surface area contributed by atoms with E-state index in [-0.39, 0.29) is 28.4 Å². The standard InChI is InChI=1S/C35H41ClN2O4S/c1-23-11-9-10-14-32(23)43(41,42)38-30(24(2)22-35(3,4)5)21-29(33(38)26-15-17-28(36)18-16-26)31(39)20-27(34(37)40)19-25-12-7-6-8-13-25/h6-18,21,24,27,30,33H,19-20,22H2,1-5H3,(H2,37,40)/t24?,27-,30+,33+/m1/s1. The SMILES string of the molecule is Cc1ccccc1S(=O)(=O)N1[C@@H](c2ccc(Cl)cc2)C(C(=O)C[C@@H](Cc2ccccc2)C(N)=O)=C[C@H]1C(C)CC(C)(C)C. The quantitative estimate of drug-likeness (QED) is 0.248. The maximum absolute atomic E-state index is 14.6. The average Bonchev–Trinajstić information content (AvgIpc) is 3.35. The van der Waals surface area contributed by atoms with E-state index in [0.717, 1.165) is 12.0 Å². The molecule has 3 aromatic carbocycles. The molecule has 0 bridgehead atoms. The van der Waals surface area contributed by atoms with Gasteiger partial charge in [-0.3, -0.25) is 9.59 Å². The van der Waals surface area contributed by atoms with Crippen LogP contribution in [0.25, 0.3) is 0 Å². The highest BCUT2D eigenvalue weighted by Gasteiger charge is 2.48. The molecule has 4 rings (SSSR count). The summed E-state index contributed by atoms with van der Waals surface area (Å²) < 4.78 is 30.7. The molecule has 3 aromatic rings. The van der Waals surface area contributed by atoms with Gasteiger partial charge in [-0.25, -0.2) is 8.42 Å². The Bertz CT molecular complexity index is 1590. The first-order valence-electron chi connectivity index (χ1n) is 14.6. The number of benzene rings is 3. The van der Waals surface area contributed by atoms with E-state index < -0.39 is 33.9 Å². The van der Waals surface area contributed by atoms with Crippen LogP contribution in [-0.4, -0.2) is 30.5 Å². The number of rotatable bonds is 11. The van der Waals surface area contributed by atoms with Gasteiger partial charge in [-0.1, -0.05) is 106 Å². The summed E-state index contributed by atoms with van der Waals surface area (Å²) in [4.78, 5) is 27.0. The third kappa shape index (κ3) is 7.64. The average molecular weight is 621 g/mol. The summed E-state index contributed by atoms with van der Waals surface area (Å²) in [5.74, 6) is -1.72. The van der Waals surface area contributed by atoms with Crippen molar-refractivity contribution in [3.8, 4) is 0 Å². The molecule has 1 aliphatic rings. The number of aryl methyl sites for hydroxylation is 1. The first kappa shape index (κ1) is 32.6. The summed E-state index contributed by atoms with van der Waals surface area (Å²) >= 11 is 6.23. The van der Waals surface area contributed by atoms with Crippen LogP contribution in [0.3, 0.4) is 0 Å². The molecule has 0 radical (unpaired) electrons. The van der Waals surface area contributed by atoms with Gasteiger partial charge >= 0.3 is 0 Å². The van der Waals surface area contributed by atoms with Crippen LogP contribution in [0.1, 0.15) is 63.3 Å². The molecule has 4 atom stereocenters. The lowest BCUT2D eigenvalue weighted by molar-refractivity contribution is -0.126. The third-order valence-corrected chi connectivity index (χ3v) is 10.3. The second-order valence-electron chi connectivity index (χ2n) is 12.8. The number of nitrogens with zero attached hydrogens (tertiary/aromatic N) is 1. The molecule has 1 amide bonds. The first-order valence-corrected chi connectivity index (χ1v) is 16.4. The van der Waals surface area contributed by atoms with E-state index in [1.165, 1.54) is 4.31 Å². The predicted octanol–water partition coefficient (Wildman–Crippen LogP) is 7.06. The summed E-state index contributed by atoms with van der Waals surface area (Å²) in [6.07, 6.45) is 2.73. The van der Waals surface area contributed by atoms with Crippen LogP contribution < -0.4 is 5.73 Å². The number of Topliss-reactive ketones (excluding diaryl/α,β-unsaturated/α-hetero) is 1. The Balaban J connectivity index is 1.85. The van der Waals surface area contributed by atoms with E-state index in [1.807, 2.05) is 43.3 Å². The molecule has 8 heteroatoms. The number of hydrogen-bond acceptors (Lipinski definition) is 4. The molecule has 1 unspecified atom stereocenters. The molecular formula is C35H41ClN2O4S. The monoisotopic (exact) mass is 620 g/mol. The van der Waals surface area contributed by atoms with Crippen LogP contribution in [0.2, 0.25) is 5.02 Å². The van der Waals surface area contributed by atoms with Crippen LogP contribution in [-0.2, 0) is 26.0 Å². The molecule has 1 heterocycles. The topological polar surface area (TPSA) is 97.5 Å². The summed E-state index contributed by atoms with van der Waals surface area (Å²) in [5.41, 5.74) is 8.21. The van der Waals surface area contributed by atoms with Gasteiger partial charge < -0.3 is 5.73 Å². The third-order valence-electron chi connectivity index (χ3n) is 8.03. The molecule has 6 nitrogen and oxygen atoms in total. The van der Waals surface area contributed by atoms with Crippen molar-refractivity contribution in [2.75, 3.05) is 0 Å². The van der Waals surface area contributed by atoms with E-state index in [0.29, 0.717) is 28.1 Å². The molecule has 0 saturated carbocycles. The summed E-state index contributed by atoms with van der Waals surface area (Å²) in [5, 5.41) is 0.501. The number of hydrogen-bond donors (Lipinski definition) is 1. The zero-order valence-electron chi connectivity index (χ0n) is 25.5. The van der Waals surface area contributed by atoms with Gasteiger partial charge in [0.2, 0.25) is 15.9 Å². The molecule has 43 heavy (non-hydrogen) atoms. The molecule has 0 fully saturated rings. The Morgan fingerprint density at radius 3 is 2.14 bits per heavy atom. The maximum atomic E-state index is 14.6. The predicted molar refractivity (Wildman–Crippen MR) is 172 cm³/mol. The number of primary amides is 1.